The van der Waals surface area contributed by atoms with Gasteiger partial charge in [0.25, 0.3) is 0 Å². The third-order valence-electron chi connectivity index (χ3n) is 1.33. The van der Waals surface area contributed by atoms with Gasteiger partial charge in [0, 0.05) is 10.4 Å². The van der Waals surface area contributed by atoms with Crippen molar-refractivity contribution in [3.8, 4) is 0 Å². The van der Waals surface area contributed by atoms with Gasteiger partial charge in [-0.3, -0.25) is 4.79 Å². The van der Waals surface area contributed by atoms with Crippen LogP contribution in [0.5, 0.6) is 0 Å². The van der Waals surface area contributed by atoms with E-state index >= 15 is 0 Å². The van der Waals surface area contributed by atoms with Crippen LogP contribution in [-0.4, -0.2) is 17.4 Å². The molecule has 0 saturated carbocycles. The van der Waals surface area contributed by atoms with E-state index in [-0.39, 0.29) is 11.1 Å². The largest absolute Gasteiger partial charge is 0.561 e. The molecule has 0 aromatic heterocycles. The molecule has 1 aromatic rings. The van der Waals surface area contributed by atoms with E-state index in [4.69, 9.17) is 5.11 Å². The van der Waals surface area contributed by atoms with Gasteiger partial charge in [-0.05, 0) is 6.07 Å². The lowest BCUT2D eigenvalue weighted by Gasteiger charge is -1.91. The van der Waals surface area contributed by atoms with Crippen LogP contribution in [0.25, 0.3) is 0 Å². The number of rotatable bonds is 2. The Morgan fingerprint density at radius 3 is 2.45 bits per heavy atom. The molecule has 0 radical (unpaired) electrons. The van der Waals surface area contributed by atoms with E-state index in [1.807, 2.05) is 0 Å². The van der Waals surface area contributed by atoms with Gasteiger partial charge in [0.1, 0.15) is 5.56 Å². The second-order valence-corrected chi connectivity index (χ2v) is 2.03. The Bertz CT molecular complexity index is 291. The van der Waals surface area contributed by atoms with Gasteiger partial charge in [0.15, 0.2) is 6.29 Å². The summed E-state index contributed by atoms with van der Waals surface area (Å²) in [6.07, 6.45) is 0.571. The Hall–Kier alpha value is -1.64. The molecule has 3 nitrogen and oxygen atoms in total. The SMILES string of the molecule is O=Cc1ccccc1C(=O)[OH2+]. The summed E-state index contributed by atoms with van der Waals surface area (Å²) >= 11 is 0. The first-order chi connectivity index (χ1) is 5.25. The Labute approximate surface area is 63.3 Å². The second-order valence-electron chi connectivity index (χ2n) is 2.03. The average molecular weight is 151 g/mol. The molecule has 1 rings (SSSR count). The van der Waals surface area contributed by atoms with Crippen molar-refractivity contribution in [2.45, 2.75) is 0 Å². The molecule has 0 heterocycles. The molecular weight excluding hydrogens is 144 g/mol. The van der Waals surface area contributed by atoms with E-state index in [2.05, 4.69) is 0 Å². The van der Waals surface area contributed by atoms with Crippen LogP contribution in [0.4, 0.5) is 0 Å². The van der Waals surface area contributed by atoms with E-state index in [0.29, 0.717) is 6.29 Å². The summed E-state index contributed by atoms with van der Waals surface area (Å²) in [6.45, 7) is 0. The maximum Gasteiger partial charge on any atom is 0.549 e. The first kappa shape index (κ1) is 7.47. The second kappa shape index (κ2) is 2.96. The zero-order valence-corrected chi connectivity index (χ0v) is 5.70. The lowest BCUT2D eigenvalue weighted by atomic mass is 10.1. The van der Waals surface area contributed by atoms with Crippen molar-refractivity contribution in [3.05, 3.63) is 35.4 Å². The zero-order valence-electron chi connectivity index (χ0n) is 5.70. The average Bonchev–Trinajstić information content (AvgIpc) is 2.04. The monoisotopic (exact) mass is 151 g/mol. The number of carbonyl (C=O) groups is 2. The number of benzene rings is 1. The van der Waals surface area contributed by atoms with Gasteiger partial charge >= 0.3 is 5.97 Å². The highest BCUT2D eigenvalue weighted by Crippen LogP contribution is 2.04. The lowest BCUT2D eigenvalue weighted by molar-refractivity contribution is 0.0694. The minimum atomic E-state index is -0.826. The minimum absolute atomic E-state index is 0.155. The fourth-order valence-corrected chi connectivity index (χ4v) is 0.807. The molecule has 0 aliphatic heterocycles. The van der Waals surface area contributed by atoms with Crippen LogP contribution in [0.2, 0.25) is 0 Å². The number of hydrogen-bond donors (Lipinski definition) is 0. The summed E-state index contributed by atoms with van der Waals surface area (Å²) in [7, 11) is 0. The summed E-state index contributed by atoms with van der Waals surface area (Å²) in [5.41, 5.74) is 0.426. The number of carbonyl (C=O) groups excluding carboxylic acids is 2. The van der Waals surface area contributed by atoms with Crippen molar-refractivity contribution in [2.24, 2.45) is 0 Å². The standard InChI is InChI=1S/C8H6O3/c9-5-6-3-1-2-4-7(6)8(10)11/h1-5H,(H,10,11)/p+1. The molecule has 0 saturated heterocycles. The summed E-state index contributed by atoms with van der Waals surface area (Å²) in [4.78, 5) is 20.8. The number of aldehydes is 1. The normalized spacial score (nSPS) is 9.09. The molecule has 0 aliphatic rings. The van der Waals surface area contributed by atoms with Gasteiger partial charge in [0.2, 0.25) is 0 Å². The third kappa shape index (κ3) is 1.43. The van der Waals surface area contributed by atoms with Gasteiger partial charge in [-0.1, -0.05) is 18.2 Å². The van der Waals surface area contributed by atoms with Crippen LogP contribution in [0.1, 0.15) is 20.7 Å². The van der Waals surface area contributed by atoms with Crippen molar-refractivity contribution < 1.29 is 14.7 Å². The zero-order chi connectivity index (χ0) is 8.27. The van der Waals surface area contributed by atoms with Gasteiger partial charge in [0.05, 0.1) is 0 Å². The fraction of sp³-hybridized carbons (Fsp3) is 0. The highest BCUT2D eigenvalue weighted by Gasteiger charge is 2.14. The maximum absolute atomic E-state index is 10.5. The Kier molecular flexibility index (Phi) is 2.01. The first-order valence-electron chi connectivity index (χ1n) is 3.06. The molecule has 0 unspecified atom stereocenters. The highest BCUT2D eigenvalue weighted by atomic mass is 16.4. The Morgan fingerprint density at radius 1 is 1.36 bits per heavy atom. The van der Waals surface area contributed by atoms with Crippen molar-refractivity contribution in [1.29, 1.82) is 0 Å². The molecule has 0 fully saturated rings. The van der Waals surface area contributed by atoms with E-state index in [9.17, 15) is 9.59 Å². The summed E-state index contributed by atoms with van der Waals surface area (Å²) in [5.74, 6) is -0.826. The van der Waals surface area contributed by atoms with E-state index < -0.39 is 5.97 Å². The minimum Gasteiger partial charge on any atom is -0.561 e. The topological polar surface area (TPSA) is 57.0 Å². The van der Waals surface area contributed by atoms with Crippen LogP contribution in [0, 0.1) is 0 Å². The molecule has 0 atom stereocenters. The van der Waals surface area contributed by atoms with Crippen LogP contribution >= 0.6 is 0 Å². The van der Waals surface area contributed by atoms with E-state index in [0.717, 1.165) is 0 Å². The van der Waals surface area contributed by atoms with Gasteiger partial charge in [-0.15, -0.1) is 0 Å². The third-order valence-corrected chi connectivity index (χ3v) is 1.33. The van der Waals surface area contributed by atoms with E-state index in [1.54, 1.807) is 12.1 Å². The Morgan fingerprint density at radius 2 is 2.00 bits per heavy atom. The quantitative estimate of drug-likeness (QED) is 0.452. The molecule has 56 valence electrons. The van der Waals surface area contributed by atoms with Crippen LogP contribution in [-0.2, 0) is 0 Å². The molecule has 0 amide bonds. The van der Waals surface area contributed by atoms with Crippen LogP contribution in [0.3, 0.4) is 0 Å². The van der Waals surface area contributed by atoms with Crippen molar-refractivity contribution >= 4 is 12.3 Å². The Balaban J connectivity index is 3.22. The van der Waals surface area contributed by atoms with Gasteiger partial charge in [-0.2, -0.15) is 0 Å². The van der Waals surface area contributed by atoms with Crippen molar-refractivity contribution in [3.63, 3.8) is 0 Å². The van der Waals surface area contributed by atoms with Gasteiger partial charge in [-0.25, -0.2) is 0 Å². The van der Waals surface area contributed by atoms with Crippen LogP contribution in [0.15, 0.2) is 24.3 Å². The van der Waals surface area contributed by atoms with Crippen molar-refractivity contribution in [1.82, 2.24) is 0 Å². The molecule has 2 N–H and O–H groups in total. The molecule has 0 bridgehead atoms. The van der Waals surface area contributed by atoms with E-state index in [1.165, 1.54) is 12.1 Å². The predicted octanol–water partition coefficient (Wildman–Crippen LogP) is 0.364. The molecule has 3 heteroatoms. The summed E-state index contributed by atoms with van der Waals surface area (Å²) < 4.78 is 0. The van der Waals surface area contributed by atoms with Gasteiger partial charge < -0.3 is 5.11 Å². The fourth-order valence-electron chi connectivity index (χ4n) is 0.807. The molecular formula is C8H7O3+. The first-order valence-corrected chi connectivity index (χ1v) is 3.06. The molecule has 0 spiro atoms. The summed E-state index contributed by atoms with van der Waals surface area (Å²) in [6, 6.07) is 6.23. The predicted molar refractivity (Wildman–Crippen MR) is 39.8 cm³/mol. The highest BCUT2D eigenvalue weighted by molar-refractivity contribution is 5.96. The van der Waals surface area contributed by atoms with Crippen LogP contribution < -0.4 is 0 Å². The molecule has 0 aliphatic carbocycles. The smallest absolute Gasteiger partial charge is 0.549 e. The molecule has 11 heavy (non-hydrogen) atoms. The molecule has 1 aromatic carbocycles. The maximum atomic E-state index is 10.5. The lowest BCUT2D eigenvalue weighted by Crippen LogP contribution is -2.00. The summed E-state index contributed by atoms with van der Waals surface area (Å²) in [5, 5.41) is 6.77. The number of hydrogen-bond acceptors (Lipinski definition) is 2. The van der Waals surface area contributed by atoms with Crippen molar-refractivity contribution in [2.75, 3.05) is 0 Å².